The van der Waals surface area contributed by atoms with Crippen molar-refractivity contribution in [1.29, 1.82) is 0 Å². The van der Waals surface area contributed by atoms with Crippen LogP contribution in [-0.2, 0) is 12.8 Å². The minimum absolute atomic E-state index is 0.000560. The van der Waals surface area contributed by atoms with Crippen molar-refractivity contribution in [1.82, 2.24) is 15.5 Å². The van der Waals surface area contributed by atoms with Crippen molar-refractivity contribution >= 4 is 11.8 Å². The molecule has 0 saturated heterocycles. The molecule has 0 fully saturated rings. The third-order valence-corrected chi connectivity index (χ3v) is 8.15. The topological polar surface area (TPSA) is 90.9 Å². The van der Waals surface area contributed by atoms with Gasteiger partial charge in [-0.05, 0) is 111 Å². The predicted molar refractivity (Wildman–Crippen MR) is 167 cm³/mol. The number of carbonyl (C=O) groups is 2. The van der Waals surface area contributed by atoms with Gasteiger partial charge < -0.3 is 25.4 Å². The lowest BCUT2D eigenvalue weighted by Gasteiger charge is -2.30. The Hall–Kier alpha value is -3.82. The summed E-state index contributed by atoms with van der Waals surface area (Å²) in [6.07, 6.45) is 2.52. The smallest absolute Gasteiger partial charge is 0.253 e. The zero-order valence-corrected chi connectivity index (χ0v) is 26.0. The number of fused-ring (bicyclic) bond motifs is 1. The third-order valence-electron chi connectivity index (χ3n) is 8.15. The third kappa shape index (κ3) is 8.42. The number of ether oxygens (including phenoxy) is 1. The lowest BCUT2D eigenvalue weighted by Crippen LogP contribution is -2.49. The maximum atomic E-state index is 14.1. The van der Waals surface area contributed by atoms with Crippen LogP contribution in [-0.4, -0.2) is 60.7 Å². The Bertz CT molecular complexity index is 1440. The van der Waals surface area contributed by atoms with E-state index in [1.54, 1.807) is 30.2 Å². The molecule has 0 saturated carbocycles. The van der Waals surface area contributed by atoms with Crippen LogP contribution in [0.25, 0.3) is 0 Å². The molecule has 0 aliphatic heterocycles. The lowest BCUT2D eigenvalue weighted by atomic mass is 9.87. The van der Waals surface area contributed by atoms with Gasteiger partial charge in [0.2, 0.25) is 0 Å². The summed E-state index contributed by atoms with van der Waals surface area (Å²) in [6, 6.07) is 13.3. The molecular weight excluding hydrogens is 564 g/mol. The summed E-state index contributed by atoms with van der Waals surface area (Å²) in [5, 5.41) is 17.7. The lowest BCUT2D eigenvalue weighted by molar-refractivity contribution is 0.0764. The highest BCUT2D eigenvalue weighted by atomic mass is 19.1. The van der Waals surface area contributed by atoms with Crippen molar-refractivity contribution in [3.8, 4) is 5.75 Å². The fraction of sp³-hybridized carbons (Fsp3) is 0.429. The molecule has 0 unspecified atom stereocenters. The molecule has 44 heavy (non-hydrogen) atoms. The van der Waals surface area contributed by atoms with Gasteiger partial charge in [0.05, 0.1) is 19.3 Å². The molecular formula is C35H43F2N3O4. The van der Waals surface area contributed by atoms with Crippen molar-refractivity contribution in [3.63, 3.8) is 0 Å². The first-order chi connectivity index (χ1) is 21.1. The van der Waals surface area contributed by atoms with Crippen molar-refractivity contribution in [2.75, 3.05) is 26.7 Å². The van der Waals surface area contributed by atoms with Crippen molar-refractivity contribution < 1.29 is 28.2 Å². The van der Waals surface area contributed by atoms with Crippen molar-refractivity contribution in [3.05, 3.63) is 99.6 Å². The van der Waals surface area contributed by atoms with E-state index in [-0.39, 0.29) is 30.5 Å². The molecule has 7 nitrogen and oxygen atoms in total. The minimum Gasteiger partial charge on any atom is -0.497 e. The predicted octanol–water partition coefficient (Wildman–Crippen LogP) is 5.52. The van der Waals surface area contributed by atoms with Gasteiger partial charge in [0, 0.05) is 42.9 Å². The number of benzene rings is 3. The van der Waals surface area contributed by atoms with Crippen LogP contribution >= 0.6 is 0 Å². The number of carbonyl (C=O) groups excluding carboxylic acids is 2. The average Bonchev–Trinajstić information content (AvgIpc) is 3.00. The summed E-state index contributed by atoms with van der Waals surface area (Å²) >= 11 is 0. The summed E-state index contributed by atoms with van der Waals surface area (Å²) in [7, 11) is 1.64. The van der Waals surface area contributed by atoms with Crippen LogP contribution < -0.4 is 15.4 Å². The second-order valence-corrected chi connectivity index (χ2v) is 11.5. The Morgan fingerprint density at radius 3 is 2.45 bits per heavy atom. The van der Waals surface area contributed by atoms with Gasteiger partial charge in [-0.3, -0.25) is 9.59 Å². The normalized spacial score (nSPS) is 15.7. The van der Waals surface area contributed by atoms with Gasteiger partial charge in [-0.1, -0.05) is 13.0 Å². The first-order valence-corrected chi connectivity index (χ1v) is 15.4. The number of hydrogen-bond acceptors (Lipinski definition) is 5. The average molecular weight is 608 g/mol. The second-order valence-electron chi connectivity index (χ2n) is 11.5. The second kappa shape index (κ2) is 15.3. The molecule has 0 radical (unpaired) electrons. The Balaban J connectivity index is 1.55. The van der Waals surface area contributed by atoms with E-state index in [2.05, 4.69) is 10.6 Å². The fourth-order valence-electron chi connectivity index (χ4n) is 5.95. The Morgan fingerprint density at radius 2 is 1.77 bits per heavy atom. The largest absolute Gasteiger partial charge is 0.497 e. The fourth-order valence-corrected chi connectivity index (χ4v) is 5.95. The summed E-state index contributed by atoms with van der Waals surface area (Å²) in [4.78, 5) is 28.5. The zero-order chi connectivity index (χ0) is 31.8. The molecule has 3 atom stereocenters. The van der Waals surface area contributed by atoms with Crippen molar-refractivity contribution in [2.45, 2.75) is 71.1 Å². The minimum atomic E-state index is -1.08. The highest BCUT2D eigenvalue weighted by molar-refractivity contribution is 6.00. The van der Waals surface area contributed by atoms with Crippen LogP contribution in [0, 0.1) is 18.6 Å². The molecule has 3 aromatic rings. The number of aryl methyl sites for hydroxylation is 2. The van der Waals surface area contributed by atoms with E-state index in [9.17, 15) is 23.5 Å². The van der Waals surface area contributed by atoms with Gasteiger partial charge in [0.25, 0.3) is 11.8 Å². The van der Waals surface area contributed by atoms with Gasteiger partial charge in [-0.2, -0.15) is 0 Å². The molecule has 0 spiro atoms. The molecule has 0 heterocycles. The van der Waals surface area contributed by atoms with Crippen LogP contribution in [0.2, 0.25) is 0 Å². The molecule has 3 aromatic carbocycles. The Labute approximate surface area is 258 Å². The first kappa shape index (κ1) is 33.1. The number of hydrogen-bond donors (Lipinski definition) is 3. The molecule has 0 aromatic heterocycles. The monoisotopic (exact) mass is 607 g/mol. The van der Waals surface area contributed by atoms with Crippen LogP contribution in [0.3, 0.4) is 0 Å². The van der Waals surface area contributed by atoms with Crippen LogP contribution in [0.1, 0.15) is 82.1 Å². The number of halogens is 2. The molecule has 2 amide bonds. The van der Waals surface area contributed by atoms with Gasteiger partial charge in [0.15, 0.2) is 0 Å². The van der Waals surface area contributed by atoms with E-state index in [1.807, 2.05) is 39.0 Å². The maximum Gasteiger partial charge on any atom is 0.253 e. The SMILES string of the molecule is CCCN(CC)C(=O)c1cc(C)cc(C(=O)N[C@@H](Cc2cc(F)cc(F)c2)[C@@H](O)CN[C@@H]2CCCc3cc(OC)ccc32)c1. The van der Waals surface area contributed by atoms with E-state index in [1.165, 1.54) is 17.7 Å². The number of amides is 2. The van der Waals surface area contributed by atoms with Gasteiger partial charge in [-0.25, -0.2) is 8.78 Å². The number of nitrogens with one attached hydrogen (secondary N) is 2. The molecule has 0 bridgehead atoms. The standard InChI is InChI=1S/C35H43F2N3O4/c1-5-12-40(6-2)35(43)26-14-22(3)13-25(18-26)34(42)39-32(17-23-15-27(36)20-28(37)16-23)33(41)21-38-31-9-7-8-24-19-29(44-4)10-11-30(24)31/h10-11,13-16,18-20,31-33,38,41H,5-9,12,17,21H2,1-4H3,(H,39,42)/t31-,32+,33+/m1/s1. The van der Waals surface area contributed by atoms with Crippen LogP contribution in [0.4, 0.5) is 8.78 Å². The number of nitrogens with zero attached hydrogens (tertiary/aromatic N) is 1. The number of rotatable bonds is 13. The highest BCUT2D eigenvalue weighted by Crippen LogP contribution is 2.32. The Morgan fingerprint density at radius 1 is 1.05 bits per heavy atom. The van der Waals surface area contributed by atoms with E-state index < -0.39 is 29.7 Å². The maximum absolute atomic E-state index is 14.1. The van der Waals surface area contributed by atoms with Crippen LogP contribution in [0.15, 0.2) is 54.6 Å². The number of methoxy groups -OCH3 is 1. The number of aliphatic hydroxyl groups excluding tert-OH is 1. The van der Waals surface area contributed by atoms with E-state index >= 15 is 0 Å². The molecule has 3 N–H and O–H groups in total. The van der Waals surface area contributed by atoms with Crippen LogP contribution in [0.5, 0.6) is 5.75 Å². The van der Waals surface area contributed by atoms with E-state index in [0.29, 0.717) is 24.2 Å². The molecule has 236 valence electrons. The summed E-state index contributed by atoms with van der Waals surface area (Å²) in [5.41, 5.74) is 4.05. The van der Waals surface area contributed by atoms with Gasteiger partial charge >= 0.3 is 0 Å². The molecule has 9 heteroatoms. The molecule has 4 rings (SSSR count). The molecule has 1 aliphatic rings. The first-order valence-electron chi connectivity index (χ1n) is 15.4. The molecule has 1 aliphatic carbocycles. The zero-order valence-electron chi connectivity index (χ0n) is 26.0. The number of aliphatic hydroxyl groups is 1. The van der Waals surface area contributed by atoms with Crippen molar-refractivity contribution in [2.24, 2.45) is 0 Å². The van der Waals surface area contributed by atoms with Gasteiger partial charge in [0.1, 0.15) is 17.4 Å². The van der Waals surface area contributed by atoms with E-state index in [0.717, 1.165) is 48.6 Å². The summed E-state index contributed by atoms with van der Waals surface area (Å²) < 4.78 is 33.5. The summed E-state index contributed by atoms with van der Waals surface area (Å²) in [6.45, 7) is 7.02. The quantitative estimate of drug-likeness (QED) is 0.238. The highest BCUT2D eigenvalue weighted by Gasteiger charge is 2.27. The summed E-state index contributed by atoms with van der Waals surface area (Å²) in [5.74, 6) is -1.32. The van der Waals surface area contributed by atoms with E-state index in [4.69, 9.17) is 4.74 Å². The van der Waals surface area contributed by atoms with Gasteiger partial charge in [-0.15, -0.1) is 0 Å². The Kier molecular flexibility index (Phi) is 11.5.